The van der Waals surface area contributed by atoms with E-state index < -0.39 is 42.3 Å². The van der Waals surface area contributed by atoms with Crippen molar-refractivity contribution >= 4 is 23.8 Å². The summed E-state index contributed by atoms with van der Waals surface area (Å²) in [5.41, 5.74) is 3.38. The Kier molecular flexibility index (Phi) is 3.48. The number of imide groups is 1. The Labute approximate surface area is 118 Å². The molecule has 0 fully saturated rings. The van der Waals surface area contributed by atoms with Crippen molar-refractivity contribution in [2.75, 3.05) is 0 Å². The van der Waals surface area contributed by atoms with Crippen LogP contribution >= 0.6 is 0 Å². The predicted octanol–water partition coefficient (Wildman–Crippen LogP) is -0.113. The maximum atomic E-state index is 12.2. The normalized spacial score (nSPS) is 16.5. The van der Waals surface area contributed by atoms with E-state index in [0.29, 0.717) is 4.90 Å². The Balaban J connectivity index is 2.44. The summed E-state index contributed by atoms with van der Waals surface area (Å²) in [4.78, 5) is 46.9. The lowest BCUT2D eigenvalue weighted by Gasteiger charge is -2.32. The van der Waals surface area contributed by atoms with Crippen LogP contribution in [0.1, 0.15) is 33.6 Å². The first-order valence-corrected chi connectivity index (χ1v) is 6.01. The van der Waals surface area contributed by atoms with Gasteiger partial charge in [0.05, 0.1) is 11.1 Å². The summed E-state index contributed by atoms with van der Waals surface area (Å²) in [7, 11) is 0. The summed E-state index contributed by atoms with van der Waals surface area (Å²) >= 11 is 0. The summed E-state index contributed by atoms with van der Waals surface area (Å²) in [5, 5.41) is 17.9. The smallest absolute Gasteiger partial charge is 0.345 e. The lowest BCUT2D eigenvalue weighted by Crippen LogP contribution is -2.63. The third-order valence-corrected chi connectivity index (χ3v) is 3.28. The van der Waals surface area contributed by atoms with Gasteiger partial charge in [-0.15, -0.1) is 0 Å². The molecule has 0 bridgehead atoms. The number of hydrogen-bond acceptors (Lipinski definition) is 5. The second-order valence-corrected chi connectivity index (χ2v) is 4.61. The van der Waals surface area contributed by atoms with Gasteiger partial charge in [-0.2, -0.15) is 0 Å². The van der Waals surface area contributed by atoms with E-state index in [1.165, 1.54) is 24.3 Å². The Bertz CT molecular complexity index is 621. The maximum Gasteiger partial charge on any atom is 0.345 e. The number of amides is 2. The lowest BCUT2D eigenvalue weighted by atomic mass is 10.0. The fraction of sp³-hybridized carbons (Fsp3) is 0.231. The van der Waals surface area contributed by atoms with Gasteiger partial charge in [0, 0.05) is 12.8 Å². The average Bonchev–Trinajstić information content (AvgIpc) is 2.69. The molecular weight excluding hydrogens is 280 g/mol. The number of nitrogens with zero attached hydrogens (tertiary/aromatic N) is 1. The first-order valence-electron chi connectivity index (χ1n) is 6.01. The molecule has 21 heavy (non-hydrogen) atoms. The van der Waals surface area contributed by atoms with E-state index in [-0.39, 0.29) is 11.1 Å². The second-order valence-electron chi connectivity index (χ2n) is 4.61. The standard InChI is InChI=1S/C13H12N2O6/c14-13(12(20)21,6-5-9(16)17)15-10(18)7-3-1-2-4-8(7)11(15)19/h1-4H,5-6,14H2,(H,16,17)(H,20,21)/t13-/m0/s1. The van der Waals surface area contributed by atoms with Gasteiger partial charge < -0.3 is 10.2 Å². The van der Waals surface area contributed by atoms with Gasteiger partial charge in [0.1, 0.15) is 0 Å². The molecule has 110 valence electrons. The number of fused-ring (bicyclic) bond motifs is 1. The van der Waals surface area contributed by atoms with Crippen molar-refractivity contribution in [1.82, 2.24) is 4.90 Å². The molecule has 1 atom stereocenters. The van der Waals surface area contributed by atoms with E-state index in [4.69, 9.17) is 10.8 Å². The van der Waals surface area contributed by atoms with Crippen LogP contribution < -0.4 is 5.73 Å². The molecule has 1 aromatic rings. The minimum atomic E-state index is -2.40. The van der Waals surface area contributed by atoms with Crippen LogP contribution in [0.15, 0.2) is 24.3 Å². The summed E-state index contributed by atoms with van der Waals surface area (Å²) < 4.78 is 0. The number of nitrogens with two attached hydrogens (primary N) is 1. The number of rotatable bonds is 5. The molecule has 8 heteroatoms. The SMILES string of the molecule is N[C@](CCC(=O)O)(C(=O)O)N1C(=O)c2ccccc2C1=O. The van der Waals surface area contributed by atoms with Crippen LogP contribution in [-0.2, 0) is 9.59 Å². The molecule has 0 aliphatic carbocycles. The molecule has 2 amide bonds. The van der Waals surface area contributed by atoms with Crippen LogP contribution in [0.3, 0.4) is 0 Å². The number of hydrogen-bond donors (Lipinski definition) is 3. The van der Waals surface area contributed by atoms with Crippen molar-refractivity contribution in [2.45, 2.75) is 18.5 Å². The van der Waals surface area contributed by atoms with Gasteiger partial charge in [0.2, 0.25) is 0 Å². The Morgan fingerprint density at radius 1 is 1.10 bits per heavy atom. The zero-order valence-electron chi connectivity index (χ0n) is 10.8. The maximum absolute atomic E-state index is 12.2. The molecule has 0 aromatic heterocycles. The number of carbonyl (C=O) groups is 4. The minimum Gasteiger partial charge on any atom is -0.481 e. The van der Waals surface area contributed by atoms with Crippen LogP contribution in [-0.4, -0.2) is 44.5 Å². The van der Waals surface area contributed by atoms with Crippen LogP contribution in [0.5, 0.6) is 0 Å². The monoisotopic (exact) mass is 292 g/mol. The van der Waals surface area contributed by atoms with E-state index in [1.54, 1.807) is 0 Å². The lowest BCUT2D eigenvalue weighted by molar-refractivity contribution is -0.149. The number of carboxylic acid groups (broad SMARTS) is 2. The zero-order valence-corrected chi connectivity index (χ0v) is 10.8. The number of carboxylic acids is 2. The predicted molar refractivity (Wildman–Crippen MR) is 68.4 cm³/mol. The van der Waals surface area contributed by atoms with Crippen LogP contribution in [0.25, 0.3) is 0 Å². The molecule has 1 aromatic carbocycles. The highest BCUT2D eigenvalue weighted by atomic mass is 16.4. The average molecular weight is 292 g/mol. The summed E-state index contributed by atoms with van der Waals surface area (Å²) in [5.74, 6) is -4.60. The van der Waals surface area contributed by atoms with Gasteiger partial charge in [-0.1, -0.05) is 12.1 Å². The highest BCUT2D eigenvalue weighted by Crippen LogP contribution is 2.29. The van der Waals surface area contributed by atoms with Crippen LogP contribution in [0.4, 0.5) is 0 Å². The van der Waals surface area contributed by atoms with Gasteiger partial charge >= 0.3 is 11.9 Å². The number of benzene rings is 1. The molecule has 1 heterocycles. The van der Waals surface area contributed by atoms with Gasteiger partial charge in [-0.3, -0.25) is 20.1 Å². The van der Waals surface area contributed by atoms with Gasteiger partial charge in [0.25, 0.3) is 11.8 Å². The molecular formula is C13H12N2O6. The van der Waals surface area contributed by atoms with E-state index in [0.717, 1.165) is 0 Å². The fourth-order valence-corrected chi connectivity index (χ4v) is 2.16. The van der Waals surface area contributed by atoms with Gasteiger partial charge in [-0.25, -0.2) is 9.69 Å². The molecule has 2 rings (SSSR count). The Hall–Kier alpha value is -2.74. The quantitative estimate of drug-likeness (QED) is 0.643. The summed E-state index contributed by atoms with van der Waals surface area (Å²) in [6.45, 7) is 0. The molecule has 0 spiro atoms. The zero-order chi connectivity index (χ0) is 15.8. The molecule has 1 aliphatic rings. The van der Waals surface area contributed by atoms with Crippen molar-refractivity contribution in [3.8, 4) is 0 Å². The number of aliphatic carboxylic acids is 2. The molecule has 0 unspecified atom stereocenters. The van der Waals surface area contributed by atoms with Crippen molar-refractivity contribution in [2.24, 2.45) is 5.73 Å². The highest BCUT2D eigenvalue weighted by Gasteiger charge is 2.51. The van der Waals surface area contributed by atoms with Gasteiger partial charge in [0.15, 0.2) is 5.66 Å². The third-order valence-electron chi connectivity index (χ3n) is 3.28. The third kappa shape index (κ3) is 2.25. The van der Waals surface area contributed by atoms with Crippen LogP contribution in [0.2, 0.25) is 0 Å². The summed E-state index contributed by atoms with van der Waals surface area (Å²) in [6, 6.07) is 5.83. The van der Waals surface area contributed by atoms with Crippen LogP contribution in [0, 0.1) is 0 Å². The molecule has 1 aliphatic heterocycles. The Morgan fingerprint density at radius 2 is 1.57 bits per heavy atom. The topological polar surface area (TPSA) is 138 Å². The number of carbonyl (C=O) groups excluding carboxylic acids is 2. The first-order chi connectivity index (χ1) is 9.79. The van der Waals surface area contributed by atoms with Crippen molar-refractivity contribution in [3.05, 3.63) is 35.4 Å². The molecule has 8 nitrogen and oxygen atoms in total. The largest absolute Gasteiger partial charge is 0.481 e. The van der Waals surface area contributed by atoms with E-state index >= 15 is 0 Å². The second kappa shape index (κ2) is 4.98. The van der Waals surface area contributed by atoms with Crippen molar-refractivity contribution < 1.29 is 29.4 Å². The minimum absolute atomic E-state index is 0.0499. The Morgan fingerprint density at radius 3 is 1.95 bits per heavy atom. The molecule has 4 N–H and O–H groups in total. The first kappa shape index (κ1) is 14.7. The van der Waals surface area contributed by atoms with E-state index in [2.05, 4.69) is 0 Å². The fourth-order valence-electron chi connectivity index (χ4n) is 2.16. The van der Waals surface area contributed by atoms with E-state index in [9.17, 15) is 24.3 Å². The molecule has 0 saturated heterocycles. The molecule has 0 radical (unpaired) electrons. The summed E-state index contributed by atoms with van der Waals surface area (Å²) in [6.07, 6.45) is -1.17. The van der Waals surface area contributed by atoms with Gasteiger partial charge in [-0.05, 0) is 12.1 Å². The van der Waals surface area contributed by atoms with E-state index in [1.807, 2.05) is 0 Å². The highest BCUT2D eigenvalue weighted by molar-refractivity contribution is 6.23. The van der Waals surface area contributed by atoms with Crippen molar-refractivity contribution in [3.63, 3.8) is 0 Å². The van der Waals surface area contributed by atoms with Crippen molar-refractivity contribution in [1.29, 1.82) is 0 Å². The molecule has 0 saturated carbocycles.